The Morgan fingerprint density at radius 2 is 1.84 bits per heavy atom. The lowest BCUT2D eigenvalue weighted by Gasteiger charge is -2.18. The van der Waals surface area contributed by atoms with Gasteiger partial charge in [0.2, 0.25) is 0 Å². The maximum Gasteiger partial charge on any atom is 0.338 e. The number of esters is 1. The van der Waals surface area contributed by atoms with Gasteiger partial charge in [-0.3, -0.25) is 4.79 Å². The Bertz CT molecular complexity index is 787. The number of carbonyl (C=O) groups excluding carboxylic acids is 2. The highest BCUT2D eigenvalue weighted by atomic mass is 16.6. The van der Waals surface area contributed by atoms with Crippen LogP contribution in [0.4, 0.5) is 0 Å². The Morgan fingerprint density at radius 3 is 2.64 bits per heavy atom. The van der Waals surface area contributed by atoms with Crippen LogP contribution >= 0.6 is 0 Å². The first-order valence-corrected chi connectivity index (χ1v) is 8.01. The molecule has 1 heterocycles. The molecule has 1 aliphatic heterocycles. The van der Waals surface area contributed by atoms with Crippen LogP contribution in [0.25, 0.3) is 0 Å². The summed E-state index contributed by atoms with van der Waals surface area (Å²) in [6.45, 7) is 2.96. The number of rotatable bonds is 5. The molecule has 0 aliphatic carbocycles. The van der Waals surface area contributed by atoms with Gasteiger partial charge in [0.1, 0.15) is 13.2 Å². The summed E-state index contributed by atoms with van der Waals surface area (Å²) in [5.41, 5.74) is 2.43. The van der Waals surface area contributed by atoms with E-state index >= 15 is 0 Å². The number of fused-ring (bicyclic) bond motifs is 1. The van der Waals surface area contributed by atoms with E-state index in [1.165, 1.54) is 0 Å². The van der Waals surface area contributed by atoms with Crippen molar-refractivity contribution in [2.45, 2.75) is 13.5 Å². The van der Waals surface area contributed by atoms with Gasteiger partial charge in [-0.2, -0.15) is 0 Å². The van der Waals surface area contributed by atoms with Gasteiger partial charge in [0, 0.05) is 6.54 Å². The quantitative estimate of drug-likeness (QED) is 0.844. The Labute approximate surface area is 145 Å². The van der Waals surface area contributed by atoms with E-state index in [0.717, 1.165) is 11.1 Å². The molecule has 1 amide bonds. The number of amides is 1. The van der Waals surface area contributed by atoms with Crippen LogP contribution in [0.5, 0.6) is 11.5 Å². The number of ether oxygens (including phenoxy) is 3. The fraction of sp³-hybridized carbons (Fsp3) is 0.263. The van der Waals surface area contributed by atoms with E-state index in [1.54, 1.807) is 18.2 Å². The molecule has 1 aliphatic rings. The van der Waals surface area contributed by atoms with E-state index in [2.05, 4.69) is 5.32 Å². The minimum atomic E-state index is -0.581. The van der Waals surface area contributed by atoms with Crippen molar-refractivity contribution in [3.63, 3.8) is 0 Å². The van der Waals surface area contributed by atoms with Crippen molar-refractivity contribution >= 4 is 11.9 Å². The summed E-state index contributed by atoms with van der Waals surface area (Å²) in [4.78, 5) is 23.9. The molecule has 0 fully saturated rings. The van der Waals surface area contributed by atoms with Crippen LogP contribution in [0.2, 0.25) is 0 Å². The Morgan fingerprint density at radius 1 is 1.08 bits per heavy atom. The molecule has 6 heteroatoms. The molecule has 2 aromatic rings. The predicted octanol–water partition coefficient (Wildman–Crippen LogP) is 2.24. The number of carbonyl (C=O) groups is 2. The molecular formula is C19H19NO5. The predicted molar refractivity (Wildman–Crippen MR) is 90.7 cm³/mol. The van der Waals surface area contributed by atoms with E-state index < -0.39 is 5.97 Å². The van der Waals surface area contributed by atoms with Crippen molar-refractivity contribution in [3.8, 4) is 11.5 Å². The highest BCUT2D eigenvalue weighted by Crippen LogP contribution is 2.30. The molecular weight excluding hydrogens is 322 g/mol. The first-order chi connectivity index (χ1) is 12.1. The number of hydrogen-bond acceptors (Lipinski definition) is 5. The lowest BCUT2D eigenvalue weighted by Crippen LogP contribution is -2.28. The normalized spacial score (nSPS) is 12.4. The van der Waals surface area contributed by atoms with Crippen molar-refractivity contribution in [2.75, 3.05) is 19.8 Å². The third-order valence-electron chi connectivity index (χ3n) is 3.85. The standard InChI is InChI=1S/C19H19NO5/c1-13-4-2-3-5-15(13)11-20-18(21)12-25-19(22)14-6-7-16-17(10-14)24-9-8-23-16/h2-7,10H,8-9,11-12H2,1H3,(H,20,21). The monoisotopic (exact) mass is 341 g/mol. The number of nitrogens with one attached hydrogen (secondary N) is 1. The summed E-state index contributed by atoms with van der Waals surface area (Å²) in [5.74, 6) is 0.167. The third-order valence-corrected chi connectivity index (χ3v) is 3.85. The van der Waals surface area contributed by atoms with Crippen LogP contribution in [-0.2, 0) is 16.1 Å². The number of aryl methyl sites for hydroxylation is 1. The second kappa shape index (κ2) is 7.70. The largest absolute Gasteiger partial charge is 0.486 e. The molecule has 6 nitrogen and oxygen atoms in total. The van der Waals surface area contributed by atoms with Gasteiger partial charge in [-0.15, -0.1) is 0 Å². The summed E-state index contributed by atoms with van der Waals surface area (Å²) in [7, 11) is 0. The van der Waals surface area contributed by atoms with Gasteiger partial charge in [0.25, 0.3) is 5.91 Å². The van der Waals surface area contributed by atoms with Gasteiger partial charge in [-0.25, -0.2) is 4.79 Å². The summed E-state index contributed by atoms with van der Waals surface area (Å²) in [5, 5.41) is 2.74. The molecule has 0 radical (unpaired) electrons. The SMILES string of the molecule is Cc1ccccc1CNC(=O)COC(=O)c1ccc2c(c1)OCCO2. The number of hydrogen-bond donors (Lipinski definition) is 1. The summed E-state index contributed by atoms with van der Waals surface area (Å²) >= 11 is 0. The van der Waals surface area contributed by atoms with Crippen molar-refractivity contribution in [1.29, 1.82) is 0 Å². The van der Waals surface area contributed by atoms with Crippen molar-refractivity contribution in [3.05, 3.63) is 59.2 Å². The third kappa shape index (κ3) is 4.29. The molecule has 0 atom stereocenters. The van der Waals surface area contributed by atoms with Crippen LogP contribution in [0.1, 0.15) is 21.5 Å². The minimum absolute atomic E-state index is 0.316. The molecule has 3 rings (SSSR count). The highest BCUT2D eigenvalue weighted by Gasteiger charge is 2.16. The van der Waals surface area contributed by atoms with Gasteiger partial charge in [-0.1, -0.05) is 24.3 Å². The molecule has 0 aromatic heterocycles. The minimum Gasteiger partial charge on any atom is -0.486 e. The van der Waals surface area contributed by atoms with E-state index in [-0.39, 0.29) is 12.5 Å². The zero-order valence-corrected chi connectivity index (χ0v) is 13.9. The zero-order valence-electron chi connectivity index (χ0n) is 13.9. The molecule has 1 N–H and O–H groups in total. The fourth-order valence-corrected chi connectivity index (χ4v) is 2.44. The molecule has 25 heavy (non-hydrogen) atoms. The second-order valence-corrected chi connectivity index (χ2v) is 5.64. The van der Waals surface area contributed by atoms with Crippen LogP contribution in [-0.4, -0.2) is 31.7 Å². The molecule has 130 valence electrons. The summed E-state index contributed by atoms with van der Waals surface area (Å²) in [6.07, 6.45) is 0. The molecule has 0 saturated heterocycles. The van der Waals surface area contributed by atoms with E-state index in [9.17, 15) is 9.59 Å². The Hall–Kier alpha value is -3.02. The van der Waals surface area contributed by atoms with Gasteiger partial charge in [-0.05, 0) is 36.2 Å². The first kappa shape index (κ1) is 16.8. The smallest absolute Gasteiger partial charge is 0.338 e. The van der Waals surface area contributed by atoms with Gasteiger partial charge in [0.05, 0.1) is 5.56 Å². The average molecular weight is 341 g/mol. The van der Waals surface area contributed by atoms with E-state index in [0.29, 0.717) is 36.8 Å². The van der Waals surface area contributed by atoms with Crippen molar-refractivity contribution in [1.82, 2.24) is 5.32 Å². The topological polar surface area (TPSA) is 73.9 Å². The van der Waals surface area contributed by atoms with Gasteiger partial charge in [0.15, 0.2) is 18.1 Å². The highest BCUT2D eigenvalue weighted by molar-refractivity contribution is 5.92. The maximum absolute atomic E-state index is 12.1. The second-order valence-electron chi connectivity index (χ2n) is 5.64. The average Bonchev–Trinajstić information content (AvgIpc) is 2.65. The van der Waals surface area contributed by atoms with Crippen molar-refractivity contribution in [2.24, 2.45) is 0 Å². The first-order valence-electron chi connectivity index (χ1n) is 8.01. The van der Waals surface area contributed by atoms with Crippen LogP contribution in [0.3, 0.4) is 0 Å². The van der Waals surface area contributed by atoms with Crippen LogP contribution < -0.4 is 14.8 Å². The van der Waals surface area contributed by atoms with E-state index in [1.807, 2.05) is 31.2 Å². The summed E-state index contributed by atoms with van der Waals surface area (Å²) < 4.78 is 15.9. The maximum atomic E-state index is 12.1. The molecule has 0 saturated carbocycles. The lowest BCUT2D eigenvalue weighted by atomic mass is 10.1. The molecule has 2 aromatic carbocycles. The van der Waals surface area contributed by atoms with Crippen molar-refractivity contribution < 1.29 is 23.8 Å². The summed E-state index contributed by atoms with van der Waals surface area (Å²) in [6, 6.07) is 12.6. The Balaban J connectivity index is 1.50. The zero-order chi connectivity index (χ0) is 17.6. The van der Waals surface area contributed by atoms with E-state index in [4.69, 9.17) is 14.2 Å². The number of benzene rings is 2. The van der Waals surface area contributed by atoms with Crippen LogP contribution in [0.15, 0.2) is 42.5 Å². The molecule has 0 unspecified atom stereocenters. The molecule has 0 spiro atoms. The lowest BCUT2D eigenvalue weighted by molar-refractivity contribution is -0.124. The molecule has 0 bridgehead atoms. The fourth-order valence-electron chi connectivity index (χ4n) is 2.44. The van der Waals surface area contributed by atoms with Gasteiger partial charge >= 0.3 is 5.97 Å². The Kier molecular flexibility index (Phi) is 5.18. The van der Waals surface area contributed by atoms with Gasteiger partial charge < -0.3 is 19.5 Å². The van der Waals surface area contributed by atoms with Crippen LogP contribution in [0, 0.1) is 6.92 Å².